The maximum Gasteiger partial charge on any atom is 0.148 e. The Morgan fingerprint density at radius 2 is 1.73 bits per heavy atom. The topological polar surface area (TPSA) is 70.0 Å². The molecule has 1 atom stereocenters. The molecule has 0 saturated heterocycles. The number of rotatable bonds is 6. The molecule has 4 aromatic rings. The van der Waals surface area contributed by atoms with Gasteiger partial charge in [-0.2, -0.15) is 10.2 Å². The van der Waals surface area contributed by atoms with E-state index in [4.69, 9.17) is 14.5 Å². The van der Waals surface area contributed by atoms with Gasteiger partial charge < -0.3 is 9.47 Å². The Labute approximate surface area is 176 Å². The van der Waals surface area contributed by atoms with E-state index in [1.54, 1.807) is 20.4 Å². The van der Waals surface area contributed by atoms with Crippen LogP contribution in [-0.4, -0.2) is 34.4 Å². The lowest BCUT2D eigenvalue weighted by molar-refractivity contribution is 0.417. The van der Waals surface area contributed by atoms with Gasteiger partial charge in [-0.3, -0.25) is 9.97 Å². The summed E-state index contributed by atoms with van der Waals surface area (Å²) >= 11 is 0. The molecule has 0 bridgehead atoms. The van der Waals surface area contributed by atoms with Gasteiger partial charge in [0.1, 0.15) is 17.0 Å². The Bertz CT molecular complexity index is 1210. The second kappa shape index (κ2) is 8.22. The standard InChI is InChI=1S/C24H26N4O2/c1-14(2)19-12-23(30-5)24-21(27-19)9-16(13-25-24)8-15(3)17-10-20-18(6-7-26-28-20)22(11-17)29-4/h6-7,9-15H,8H2,1-5H3. The van der Waals surface area contributed by atoms with Crippen LogP contribution in [0.3, 0.4) is 0 Å². The molecular formula is C24H26N4O2. The van der Waals surface area contributed by atoms with Crippen molar-refractivity contribution in [3.63, 3.8) is 0 Å². The molecule has 0 saturated carbocycles. The van der Waals surface area contributed by atoms with E-state index in [-0.39, 0.29) is 5.92 Å². The molecular weight excluding hydrogens is 376 g/mol. The molecule has 0 aliphatic rings. The van der Waals surface area contributed by atoms with Crippen molar-refractivity contribution in [3.8, 4) is 11.5 Å². The Morgan fingerprint density at radius 1 is 0.933 bits per heavy atom. The molecule has 0 N–H and O–H groups in total. The minimum atomic E-state index is 0.250. The van der Waals surface area contributed by atoms with Crippen LogP contribution in [0.15, 0.2) is 42.7 Å². The van der Waals surface area contributed by atoms with E-state index in [9.17, 15) is 0 Å². The van der Waals surface area contributed by atoms with Crippen molar-refractivity contribution in [3.05, 3.63) is 59.5 Å². The van der Waals surface area contributed by atoms with Crippen LogP contribution < -0.4 is 9.47 Å². The van der Waals surface area contributed by atoms with E-state index in [2.05, 4.69) is 54.2 Å². The zero-order chi connectivity index (χ0) is 21.3. The monoisotopic (exact) mass is 402 g/mol. The van der Waals surface area contributed by atoms with Crippen molar-refractivity contribution in [1.82, 2.24) is 20.2 Å². The predicted molar refractivity (Wildman–Crippen MR) is 118 cm³/mol. The second-order valence-electron chi connectivity index (χ2n) is 7.91. The van der Waals surface area contributed by atoms with Crippen molar-refractivity contribution in [2.24, 2.45) is 0 Å². The summed E-state index contributed by atoms with van der Waals surface area (Å²) in [5.41, 5.74) is 5.78. The van der Waals surface area contributed by atoms with Gasteiger partial charge in [0, 0.05) is 23.3 Å². The molecule has 154 valence electrons. The molecule has 0 aliphatic carbocycles. The molecule has 30 heavy (non-hydrogen) atoms. The van der Waals surface area contributed by atoms with Crippen LogP contribution >= 0.6 is 0 Å². The van der Waals surface area contributed by atoms with Crippen LogP contribution in [0.1, 0.15) is 49.4 Å². The highest BCUT2D eigenvalue weighted by atomic mass is 16.5. The van der Waals surface area contributed by atoms with Crippen LogP contribution in [0.5, 0.6) is 11.5 Å². The molecule has 3 aromatic heterocycles. The maximum atomic E-state index is 5.58. The van der Waals surface area contributed by atoms with Gasteiger partial charge in [-0.05, 0) is 53.6 Å². The minimum absolute atomic E-state index is 0.250. The molecule has 1 unspecified atom stereocenters. The predicted octanol–water partition coefficient (Wildman–Crippen LogP) is 5.06. The zero-order valence-corrected chi connectivity index (χ0v) is 18.0. The highest BCUT2D eigenvalue weighted by molar-refractivity contribution is 5.85. The lowest BCUT2D eigenvalue weighted by Crippen LogP contribution is -2.02. The van der Waals surface area contributed by atoms with Crippen LogP contribution in [0.4, 0.5) is 0 Å². The molecule has 6 nitrogen and oxygen atoms in total. The van der Waals surface area contributed by atoms with Gasteiger partial charge in [0.2, 0.25) is 0 Å². The smallest absolute Gasteiger partial charge is 0.148 e. The van der Waals surface area contributed by atoms with Gasteiger partial charge >= 0.3 is 0 Å². The summed E-state index contributed by atoms with van der Waals surface area (Å²) in [7, 11) is 3.36. The van der Waals surface area contributed by atoms with Crippen molar-refractivity contribution >= 4 is 21.9 Å². The van der Waals surface area contributed by atoms with Gasteiger partial charge in [0.25, 0.3) is 0 Å². The van der Waals surface area contributed by atoms with Crippen LogP contribution in [0, 0.1) is 0 Å². The van der Waals surface area contributed by atoms with E-state index < -0.39 is 0 Å². The Hall–Kier alpha value is -3.28. The van der Waals surface area contributed by atoms with Gasteiger partial charge in [-0.15, -0.1) is 0 Å². The fraction of sp³-hybridized carbons (Fsp3) is 0.333. The first-order valence-electron chi connectivity index (χ1n) is 10.1. The number of fused-ring (bicyclic) bond motifs is 2. The summed E-state index contributed by atoms with van der Waals surface area (Å²) < 4.78 is 11.1. The van der Waals surface area contributed by atoms with Gasteiger partial charge in [0.05, 0.1) is 31.4 Å². The molecule has 0 radical (unpaired) electrons. The van der Waals surface area contributed by atoms with Crippen LogP contribution in [0.2, 0.25) is 0 Å². The molecule has 1 aromatic carbocycles. The third kappa shape index (κ3) is 3.77. The van der Waals surface area contributed by atoms with Gasteiger partial charge in [-0.1, -0.05) is 20.8 Å². The lowest BCUT2D eigenvalue weighted by atomic mass is 9.93. The number of aromatic nitrogens is 4. The highest BCUT2D eigenvalue weighted by Crippen LogP contribution is 2.32. The number of nitrogens with zero attached hydrogens (tertiary/aromatic N) is 4. The fourth-order valence-electron chi connectivity index (χ4n) is 3.72. The van der Waals surface area contributed by atoms with E-state index in [0.717, 1.165) is 56.7 Å². The average molecular weight is 402 g/mol. The third-order valence-electron chi connectivity index (χ3n) is 5.44. The lowest BCUT2D eigenvalue weighted by Gasteiger charge is -2.15. The van der Waals surface area contributed by atoms with Crippen LogP contribution in [-0.2, 0) is 6.42 Å². The molecule has 0 fully saturated rings. The van der Waals surface area contributed by atoms with E-state index in [0.29, 0.717) is 5.92 Å². The SMILES string of the molecule is COc1cc(C(C)Cc2cnc3c(OC)cc(C(C)C)nc3c2)cc2nnccc12. The first-order chi connectivity index (χ1) is 14.5. The maximum absolute atomic E-state index is 5.58. The molecule has 3 heterocycles. The van der Waals surface area contributed by atoms with Crippen molar-refractivity contribution < 1.29 is 9.47 Å². The number of pyridine rings is 2. The van der Waals surface area contributed by atoms with Gasteiger partial charge in [-0.25, -0.2) is 0 Å². The fourth-order valence-corrected chi connectivity index (χ4v) is 3.72. The summed E-state index contributed by atoms with van der Waals surface area (Å²) in [4.78, 5) is 9.46. The Morgan fingerprint density at radius 3 is 2.47 bits per heavy atom. The summed E-state index contributed by atoms with van der Waals surface area (Å²) in [5, 5.41) is 9.24. The molecule has 0 amide bonds. The summed E-state index contributed by atoms with van der Waals surface area (Å²) in [6.45, 7) is 6.45. The third-order valence-corrected chi connectivity index (χ3v) is 5.44. The summed E-state index contributed by atoms with van der Waals surface area (Å²) in [6.07, 6.45) is 4.42. The van der Waals surface area contributed by atoms with Gasteiger partial charge in [0.15, 0.2) is 0 Å². The molecule has 4 rings (SSSR count). The first kappa shape index (κ1) is 20.0. The van der Waals surface area contributed by atoms with Crippen LogP contribution in [0.25, 0.3) is 21.9 Å². The number of methoxy groups -OCH3 is 2. The van der Waals surface area contributed by atoms with E-state index in [1.807, 2.05) is 18.3 Å². The Balaban J connectivity index is 1.69. The number of hydrogen-bond acceptors (Lipinski definition) is 6. The number of benzene rings is 1. The zero-order valence-electron chi connectivity index (χ0n) is 18.0. The number of hydrogen-bond donors (Lipinski definition) is 0. The van der Waals surface area contributed by atoms with Crippen molar-refractivity contribution in [2.75, 3.05) is 14.2 Å². The molecule has 0 spiro atoms. The number of ether oxygens (including phenoxy) is 2. The van der Waals surface area contributed by atoms with Crippen molar-refractivity contribution in [1.29, 1.82) is 0 Å². The normalized spacial score (nSPS) is 12.5. The first-order valence-corrected chi connectivity index (χ1v) is 10.1. The molecule has 6 heteroatoms. The quantitative estimate of drug-likeness (QED) is 0.449. The highest BCUT2D eigenvalue weighted by Gasteiger charge is 2.15. The average Bonchev–Trinajstić information content (AvgIpc) is 2.77. The largest absolute Gasteiger partial charge is 0.496 e. The second-order valence-corrected chi connectivity index (χ2v) is 7.91. The van der Waals surface area contributed by atoms with Crippen molar-refractivity contribution in [2.45, 2.75) is 39.0 Å². The van der Waals surface area contributed by atoms with E-state index in [1.165, 1.54) is 0 Å². The minimum Gasteiger partial charge on any atom is -0.496 e. The Kier molecular flexibility index (Phi) is 5.48. The van der Waals surface area contributed by atoms with E-state index >= 15 is 0 Å². The summed E-state index contributed by atoms with van der Waals surface area (Å²) in [6, 6.07) is 10.2. The summed E-state index contributed by atoms with van der Waals surface area (Å²) in [5.74, 6) is 2.15. The molecule has 0 aliphatic heterocycles.